The van der Waals surface area contributed by atoms with E-state index in [4.69, 9.17) is 14.7 Å². The van der Waals surface area contributed by atoms with Gasteiger partial charge in [0.25, 0.3) is 0 Å². The van der Waals surface area contributed by atoms with Gasteiger partial charge in [-0.25, -0.2) is 13.6 Å². The van der Waals surface area contributed by atoms with Crippen molar-refractivity contribution in [3.8, 4) is 11.1 Å². The van der Waals surface area contributed by atoms with Gasteiger partial charge >= 0.3 is 5.97 Å². The third-order valence-electron chi connectivity index (χ3n) is 4.11. The van der Waals surface area contributed by atoms with Crippen LogP contribution in [0.1, 0.15) is 24.0 Å². The van der Waals surface area contributed by atoms with Gasteiger partial charge in [0.1, 0.15) is 12.5 Å². The first kappa shape index (κ1) is 18.1. The summed E-state index contributed by atoms with van der Waals surface area (Å²) in [6, 6.07) is 12.2. The summed E-state index contributed by atoms with van der Waals surface area (Å²) in [5.41, 5.74) is 3.66. The van der Waals surface area contributed by atoms with Gasteiger partial charge in [0, 0.05) is 6.92 Å². The number of sulfonamides is 1. The molecule has 1 unspecified atom stereocenters. The van der Waals surface area contributed by atoms with Crippen LogP contribution in [0.15, 0.2) is 52.5 Å². The second-order valence-electron chi connectivity index (χ2n) is 6.01. The van der Waals surface area contributed by atoms with E-state index in [-0.39, 0.29) is 23.3 Å². The van der Waals surface area contributed by atoms with Crippen molar-refractivity contribution in [1.29, 1.82) is 0 Å². The average molecular weight is 374 g/mol. The first-order chi connectivity index (χ1) is 12.3. The number of nitrogens with zero attached hydrogens (tertiary/aromatic N) is 1. The van der Waals surface area contributed by atoms with Crippen molar-refractivity contribution in [3.05, 3.63) is 53.6 Å². The van der Waals surface area contributed by atoms with Gasteiger partial charge in [0.15, 0.2) is 0 Å². The first-order valence-corrected chi connectivity index (χ1v) is 9.42. The zero-order valence-electron chi connectivity index (χ0n) is 14.3. The predicted octanol–water partition coefficient (Wildman–Crippen LogP) is 2.30. The molecule has 2 aromatic rings. The number of benzene rings is 2. The third kappa shape index (κ3) is 3.76. The van der Waals surface area contributed by atoms with Crippen molar-refractivity contribution in [3.63, 3.8) is 0 Å². The summed E-state index contributed by atoms with van der Waals surface area (Å²) < 4.78 is 27.9. The molecule has 1 aliphatic rings. The lowest BCUT2D eigenvalue weighted by atomic mass is 9.91. The lowest BCUT2D eigenvalue weighted by Crippen LogP contribution is -2.18. The van der Waals surface area contributed by atoms with Gasteiger partial charge in [-0.05, 0) is 47.4 Å². The van der Waals surface area contributed by atoms with Gasteiger partial charge in [-0.2, -0.15) is 0 Å². The molecule has 7 nitrogen and oxygen atoms in total. The fraction of sp³-hybridized carbons (Fsp3) is 0.222. The molecule has 2 N–H and O–H groups in total. The molecule has 1 aliphatic heterocycles. The molecule has 0 saturated carbocycles. The van der Waals surface area contributed by atoms with Gasteiger partial charge in [-0.1, -0.05) is 29.4 Å². The van der Waals surface area contributed by atoms with Crippen LogP contribution in [0.2, 0.25) is 0 Å². The number of hydrogen-bond acceptors (Lipinski definition) is 6. The molecule has 3 rings (SSSR count). The molecule has 0 bridgehead atoms. The smallest absolute Gasteiger partial charge is 0.309 e. The summed E-state index contributed by atoms with van der Waals surface area (Å²) in [6.07, 6.45) is 0. The summed E-state index contributed by atoms with van der Waals surface area (Å²) >= 11 is 0. The van der Waals surface area contributed by atoms with E-state index >= 15 is 0 Å². The molecule has 8 heteroatoms. The van der Waals surface area contributed by atoms with E-state index in [1.54, 1.807) is 12.1 Å². The maximum atomic E-state index is 11.4. The number of aryl methyl sites for hydroxylation is 1. The third-order valence-corrected chi connectivity index (χ3v) is 5.04. The minimum Gasteiger partial charge on any atom is -0.408 e. The molecule has 2 aromatic carbocycles. The standard InChI is InChI=1S/C18H18N2O5S/c1-11-3-4-14(13-5-7-15(8-6-13)26(19,22)23)9-16(11)17-10-24-20-18(17)25-12(2)21/h3-9,17H,10H2,1-2H3,(H2,19,22,23). The predicted molar refractivity (Wildman–Crippen MR) is 95.9 cm³/mol. The first-order valence-electron chi connectivity index (χ1n) is 7.88. The minimum atomic E-state index is -3.73. The van der Waals surface area contributed by atoms with Crippen LogP contribution in [0.25, 0.3) is 11.1 Å². The molecule has 0 saturated heterocycles. The molecule has 0 spiro atoms. The van der Waals surface area contributed by atoms with E-state index in [0.29, 0.717) is 0 Å². The van der Waals surface area contributed by atoms with Crippen LogP contribution in [0, 0.1) is 6.92 Å². The van der Waals surface area contributed by atoms with Gasteiger partial charge in [0.05, 0.1) is 4.90 Å². The van der Waals surface area contributed by atoms with E-state index in [1.165, 1.54) is 19.1 Å². The fourth-order valence-corrected chi connectivity index (χ4v) is 3.32. The van der Waals surface area contributed by atoms with Crippen LogP contribution in [-0.2, 0) is 24.4 Å². The number of esters is 1. The normalized spacial score (nSPS) is 16.7. The highest BCUT2D eigenvalue weighted by Gasteiger charge is 2.29. The number of carbonyl (C=O) groups is 1. The van der Waals surface area contributed by atoms with Gasteiger partial charge in [-0.15, -0.1) is 0 Å². The number of hydrogen-bond donors (Lipinski definition) is 1. The van der Waals surface area contributed by atoms with E-state index < -0.39 is 16.0 Å². The van der Waals surface area contributed by atoms with Crippen molar-refractivity contribution < 1.29 is 22.8 Å². The second-order valence-corrected chi connectivity index (χ2v) is 7.57. The SMILES string of the molecule is CC(=O)OC1=NOCC1c1cc(-c2ccc(S(N)(=O)=O)cc2)ccc1C. The fourth-order valence-electron chi connectivity index (χ4n) is 2.80. The Labute approximate surface area is 151 Å². The number of rotatable bonds is 3. The number of oxime groups is 1. The number of ether oxygens (including phenoxy) is 1. The maximum absolute atomic E-state index is 11.4. The van der Waals surface area contributed by atoms with E-state index in [0.717, 1.165) is 22.3 Å². The van der Waals surface area contributed by atoms with Crippen LogP contribution >= 0.6 is 0 Å². The van der Waals surface area contributed by atoms with E-state index in [2.05, 4.69) is 5.16 Å². The van der Waals surface area contributed by atoms with Crippen LogP contribution in [0.5, 0.6) is 0 Å². The Morgan fingerprint density at radius 2 is 1.85 bits per heavy atom. The number of primary sulfonamides is 1. The monoisotopic (exact) mass is 374 g/mol. The number of carbonyl (C=O) groups excluding carboxylic acids is 1. The van der Waals surface area contributed by atoms with Crippen molar-refractivity contribution in [2.75, 3.05) is 6.61 Å². The quantitative estimate of drug-likeness (QED) is 0.829. The van der Waals surface area contributed by atoms with Gasteiger partial charge in [0.2, 0.25) is 15.9 Å². The molecule has 1 heterocycles. The average Bonchev–Trinajstić information content (AvgIpc) is 3.02. The van der Waals surface area contributed by atoms with Crippen molar-refractivity contribution in [2.45, 2.75) is 24.7 Å². The summed E-state index contributed by atoms with van der Waals surface area (Å²) in [6.45, 7) is 3.55. The second kappa shape index (κ2) is 6.89. The lowest BCUT2D eigenvalue weighted by molar-refractivity contribution is -0.133. The lowest BCUT2D eigenvalue weighted by Gasteiger charge is -2.15. The van der Waals surface area contributed by atoms with Gasteiger partial charge in [-0.3, -0.25) is 4.79 Å². The van der Waals surface area contributed by atoms with Crippen molar-refractivity contribution in [1.82, 2.24) is 0 Å². The minimum absolute atomic E-state index is 0.0575. The highest BCUT2D eigenvalue weighted by atomic mass is 32.2. The highest BCUT2D eigenvalue weighted by molar-refractivity contribution is 7.89. The Balaban J connectivity index is 1.96. The molecule has 0 aromatic heterocycles. The molecule has 136 valence electrons. The summed E-state index contributed by atoms with van der Waals surface area (Å²) in [5, 5.41) is 8.94. The highest BCUT2D eigenvalue weighted by Crippen LogP contribution is 2.31. The van der Waals surface area contributed by atoms with Gasteiger partial charge < -0.3 is 9.57 Å². The van der Waals surface area contributed by atoms with E-state index in [1.807, 2.05) is 25.1 Å². The zero-order chi connectivity index (χ0) is 18.9. The largest absolute Gasteiger partial charge is 0.408 e. The van der Waals surface area contributed by atoms with Crippen molar-refractivity contribution >= 4 is 21.9 Å². The molecule has 0 radical (unpaired) electrons. The summed E-state index contributed by atoms with van der Waals surface area (Å²) in [7, 11) is -3.73. The molecule has 26 heavy (non-hydrogen) atoms. The van der Waals surface area contributed by atoms with Crippen LogP contribution in [0.3, 0.4) is 0 Å². The number of nitrogens with two attached hydrogens (primary N) is 1. The van der Waals surface area contributed by atoms with Crippen LogP contribution in [-0.4, -0.2) is 26.9 Å². The molecule has 0 aliphatic carbocycles. The molecule has 1 atom stereocenters. The topological polar surface area (TPSA) is 108 Å². The van der Waals surface area contributed by atoms with Crippen LogP contribution in [0.4, 0.5) is 0 Å². The van der Waals surface area contributed by atoms with E-state index in [9.17, 15) is 13.2 Å². The molecular formula is C18H18N2O5S. The van der Waals surface area contributed by atoms with Crippen molar-refractivity contribution in [2.24, 2.45) is 10.3 Å². The molecule has 0 fully saturated rings. The zero-order valence-corrected chi connectivity index (χ0v) is 15.1. The maximum Gasteiger partial charge on any atom is 0.309 e. The Bertz CT molecular complexity index is 981. The summed E-state index contributed by atoms with van der Waals surface area (Å²) in [4.78, 5) is 16.4. The van der Waals surface area contributed by atoms with Crippen LogP contribution < -0.4 is 5.14 Å². The molecular weight excluding hydrogens is 356 g/mol. The molecule has 0 amide bonds. The Hall–Kier alpha value is -2.71. The Morgan fingerprint density at radius 1 is 1.19 bits per heavy atom. The summed E-state index contributed by atoms with van der Waals surface area (Å²) in [5.74, 6) is -0.489. The Kier molecular flexibility index (Phi) is 4.80. The Morgan fingerprint density at radius 3 is 2.46 bits per heavy atom.